The van der Waals surface area contributed by atoms with Crippen molar-refractivity contribution in [3.05, 3.63) is 11.9 Å². The molecule has 9 nitrogen and oxygen atoms in total. The van der Waals surface area contributed by atoms with Gasteiger partial charge in [-0.3, -0.25) is 9.59 Å². The first kappa shape index (κ1) is 14.0. The van der Waals surface area contributed by atoms with Gasteiger partial charge in [-0.2, -0.15) is 0 Å². The van der Waals surface area contributed by atoms with Gasteiger partial charge in [0, 0.05) is 12.0 Å². The molecule has 0 spiro atoms. The van der Waals surface area contributed by atoms with E-state index in [0.717, 1.165) is 12.8 Å². The van der Waals surface area contributed by atoms with E-state index in [1.165, 1.54) is 11.0 Å². The zero-order valence-corrected chi connectivity index (χ0v) is 10.9. The summed E-state index contributed by atoms with van der Waals surface area (Å²) in [7, 11) is 0. The Morgan fingerprint density at radius 1 is 1.25 bits per heavy atom. The van der Waals surface area contributed by atoms with Gasteiger partial charge in [0.25, 0.3) is 0 Å². The average Bonchev–Trinajstić information content (AvgIpc) is 3.20. The van der Waals surface area contributed by atoms with Crippen LogP contribution in [0.25, 0.3) is 0 Å². The summed E-state index contributed by atoms with van der Waals surface area (Å²) in [6.07, 6.45) is 2.03. The molecule has 1 heterocycles. The first-order chi connectivity index (χ1) is 9.49. The monoisotopic (exact) mass is 279 g/mol. The van der Waals surface area contributed by atoms with Crippen molar-refractivity contribution in [2.75, 3.05) is 23.4 Å². The molecule has 0 aliphatic heterocycles. The summed E-state index contributed by atoms with van der Waals surface area (Å²) >= 11 is 0. The highest BCUT2D eigenvalue weighted by atomic mass is 16.2. The molecule has 0 aromatic carbocycles. The average molecular weight is 279 g/mol. The van der Waals surface area contributed by atoms with Gasteiger partial charge in [0.15, 0.2) is 0 Å². The highest BCUT2D eigenvalue weighted by Crippen LogP contribution is 2.39. The molecule has 2 rings (SSSR count). The number of nitrogens with zero attached hydrogens (tertiary/aromatic N) is 3. The van der Waals surface area contributed by atoms with E-state index in [2.05, 4.69) is 15.4 Å². The predicted molar refractivity (Wildman–Crippen MR) is 72.4 cm³/mol. The maximum atomic E-state index is 11.1. The minimum absolute atomic E-state index is 0.159. The quantitative estimate of drug-likeness (QED) is 0.347. The van der Waals surface area contributed by atoms with Crippen LogP contribution in [-0.2, 0) is 9.59 Å². The Balaban J connectivity index is 2.32. The molecular weight excluding hydrogens is 262 g/mol. The number of rotatable bonds is 7. The molecule has 7 N–H and O–H groups in total. The lowest BCUT2D eigenvalue weighted by Crippen LogP contribution is -2.40. The van der Waals surface area contributed by atoms with E-state index in [1.54, 1.807) is 0 Å². The SMILES string of the molecule is NNc1cc(N(CC(N)=O)CC(N)=O)nc(C2CC2)n1. The van der Waals surface area contributed by atoms with Gasteiger partial charge in [-0.05, 0) is 12.8 Å². The van der Waals surface area contributed by atoms with Crippen molar-refractivity contribution in [1.29, 1.82) is 0 Å². The van der Waals surface area contributed by atoms with Crippen LogP contribution in [0.4, 0.5) is 11.6 Å². The van der Waals surface area contributed by atoms with Crippen LogP contribution in [0.2, 0.25) is 0 Å². The Morgan fingerprint density at radius 2 is 1.85 bits per heavy atom. The number of carbonyl (C=O) groups excluding carboxylic acids is 2. The molecule has 0 atom stereocenters. The Kier molecular flexibility index (Phi) is 3.99. The zero-order valence-electron chi connectivity index (χ0n) is 10.9. The van der Waals surface area contributed by atoms with Crippen LogP contribution in [0.5, 0.6) is 0 Å². The highest BCUT2D eigenvalue weighted by Gasteiger charge is 2.28. The summed E-state index contributed by atoms with van der Waals surface area (Å²) in [5.41, 5.74) is 12.8. The van der Waals surface area contributed by atoms with Crippen LogP contribution in [0, 0.1) is 0 Å². The largest absolute Gasteiger partial charge is 0.368 e. The zero-order chi connectivity index (χ0) is 14.7. The molecular formula is C11H17N7O2. The van der Waals surface area contributed by atoms with E-state index >= 15 is 0 Å². The molecule has 0 bridgehead atoms. The van der Waals surface area contributed by atoms with Gasteiger partial charge >= 0.3 is 0 Å². The number of nitrogens with two attached hydrogens (primary N) is 3. The van der Waals surface area contributed by atoms with E-state index in [0.29, 0.717) is 23.4 Å². The van der Waals surface area contributed by atoms with E-state index < -0.39 is 11.8 Å². The fourth-order valence-corrected chi connectivity index (χ4v) is 1.81. The number of hydrazine groups is 1. The van der Waals surface area contributed by atoms with Crippen LogP contribution >= 0.6 is 0 Å². The number of hydrogen-bond acceptors (Lipinski definition) is 7. The number of anilines is 2. The van der Waals surface area contributed by atoms with Gasteiger partial charge in [-0.15, -0.1) is 0 Å². The summed E-state index contributed by atoms with van der Waals surface area (Å²) in [5.74, 6) is 5.94. The maximum absolute atomic E-state index is 11.1. The van der Waals surface area contributed by atoms with Crippen LogP contribution in [0.3, 0.4) is 0 Å². The number of nitrogens with one attached hydrogen (secondary N) is 1. The summed E-state index contributed by atoms with van der Waals surface area (Å²) < 4.78 is 0. The number of carbonyl (C=O) groups is 2. The topological polar surface area (TPSA) is 153 Å². The van der Waals surface area contributed by atoms with Crippen LogP contribution < -0.4 is 27.6 Å². The first-order valence-electron chi connectivity index (χ1n) is 6.16. The minimum Gasteiger partial charge on any atom is -0.368 e. The van der Waals surface area contributed by atoms with Crippen LogP contribution in [-0.4, -0.2) is 34.9 Å². The molecule has 1 fully saturated rings. The molecule has 1 aliphatic rings. The normalized spacial score (nSPS) is 13.8. The van der Waals surface area contributed by atoms with Crippen molar-refractivity contribution >= 4 is 23.5 Å². The number of amides is 2. The molecule has 1 aromatic heterocycles. The van der Waals surface area contributed by atoms with E-state index in [1.807, 2.05) is 0 Å². The smallest absolute Gasteiger partial charge is 0.237 e. The van der Waals surface area contributed by atoms with Crippen LogP contribution in [0.15, 0.2) is 6.07 Å². The summed E-state index contributed by atoms with van der Waals surface area (Å²) in [5, 5.41) is 0. The van der Waals surface area contributed by atoms with Gasteiger partial charge < -0.3 is 21.8 Å². The number of aromatic nitrogens is 2. The van der Waals surface area contributed by atoms with Crippen molar-refractivity contribution in [3.8, 4) is 0 Å². The summed E-state index contributed by atoms with van der Waals surface area (Å²) in [6, 6.07) is 1.54. The molecule has 20 heavy (non-hydrogen) atoms. The van der Waals surface area contributed by atoms with Gasteiger partial charge in [0.05, 0.1) is 13.1 Å². The predicted octanol–water partition coefficient (Wildman–Crippen LogP) is -1.58. The van der Waals surface area contributed by atoms with Gasteiger partial charge in [0.2, 0.25) is 11.8 Å². The van der Waals surface area contributed by atoms with Crippen LogP contribution in [0.1, 0.15) is 24.6 Å². The second-order valence-electron chi connectivity index (χ2n) is 4.68. The van der Waals surface area contributed by atoms with Gasteiger partial charge in [-0.25, -0.2) is 15.8 Å². The van der Waals surface area contributed by atoms with Gasteiger partial charge in [0.1, 0.15) is 17.5 Å². The number of hydrogen-bond donors (Lipinski definition) is 4. The fourth-order valence-electron chi connectivity index (χ4n) is 1.81. The standard InChI is InChI=1S/C11H17N7O2/c12-7(19)4-18(5-8(13)20)10-3-9(17-14)15-11(16-10)6-1-2-6/h3,6H,1-2,4-5,14H2,(H2,12,19)(H2,13,20)(H,15,16,17). The lowest BCUT2D eigenvalue weighted by atomic mass is 10.3. The van der Waals surface area contributed by atoms with E-state index in [-0.39, 0.29) is 13.1 Å². The minimum atomic E-state index is -0.583. The fraction of sp³-hybridized carbons (Fsp3) is 0.455. The summed E-state index contributed by atoms with van der Waals surface area (Å²) in [4.78, 5) is 32.2. The second-order valence-corrected chi connectivity index (χ2v) is 4.68. The third-order valence-corrected chi connectivity index (χ3v) is 2.84. The lowest BCUT2D eigenvalue weighted by molar-refractivity contribution is -0.117. The van der Waals surface area contributed by atoms with Crippen molar-refractivity contribution < 1.29 is 9.59 Å². The molecule has 1 aliphatic carbocycles. The Morgan fingerprint density at radius 3 is 2.30 bits per heavy atom. The van der Waals surface area contributed by atoms with E-state index in [4.69, 9.17) is 17.3 Å². The Hall–Kier alpha value is -2.42. The third kappa shape index (κ3) is 3.54. The molecule has 108 valence electrons. The Labute approximate surface area is 115 Å². The van der Waals surface area contributed by atoms with Crippen molar-refractivity contribution in [2.24, 2.45) is 17.3 Å². The maximum Gasteiger partial charge on any atom is 0.237 e. The number of nitrogen functional groups attached to an aromatic ring is 1. The number of primary amides is 2. The van der Waals surface area contributed by atoms with Gasteiger partial charge in [-0.1, -0.05) is 0 Å². The Bertz CT molecular complexity index is 514. The third-order valence-electron chi connectivity index (χ3n) is 2.84. The molecule has 2 amide bonds. The molecule has 1 saturated carbocycles. The molecule has 9 heteroatoms. The molecule has 0 unspecified atom stereocenters. The highest BCUT2D eigenvalue weighted by molar-refractivity contribution is 5.84. The second kappa shape index (κ2) is 5.70. The van der Waals surface area contributed by atoms with Crippen molar-refractivity contribution in [3.63, 3.8) is 0 Å². The molecule has 0 saturated heterocycles. The summed E-state index contributed by atoms with van der Waals surface area (Å²) in [6.45, 7) is -0.317. The van der Waals surface area contributed by atoms with E-state index in [9.17, 15) is 9.59 Å². The van der Waals surface area contributed by atoms with Crippen molar-refractivity contribution in [2.45, 2.75) is 18.8 Å². The lowest BCUT2D eigenvalue weighted by Gasteiger charge is -2.21. The van der Waals surface area contributed by atoms with Crippen molar-refractivity contribution in [1.82, 2.24) is 9.97 Å². The molecule has 1 aromatic rings. The first-order valence-corrected chi connectivity index (χ1v) is 6.16. The molecule has 0 radical (unpaired) electrons.